The molecule has 3 aromatic rings. The molecular weight excluding hydrogens is 386 g/mol. The number of nitrogens with zero attached hydrogens (tertiary/aromatic N) is 2. The molecule has 1 aliphatic rings. The van der Waals surface area contributed by atoms with Gasteiger partial charge in [0.25, 0.3) is 0 Å². The van der Waals surface area contributed by atoms with Crippen LogP contribution in [0.1, 0.15) is 11.1 Å². The molecule has 0 fully saturated rings. The molecule has 4 rings (SSSR count). The van der Waals surface area contributed by atoms with Crippen LogP contribution in [0, 0.1) is 0 Å². The highest BCUT2D eigenvalue weighted by molar-refractivity contribution is 6.43. The van der Waals surface area contributed by atoms with Crippen molar-refractivity contribution in [3.63, 3.8) is 0 Å². The summed E-state index contributed by atoms with van der Waals surface area (Å²) in [4.78, 5) is 0. The van der Waals surface area contributed by atoms with E-state index < -0.39 is 11.7 Å². The van der Waals surface area contributed by atoms with Gasteiger partial charge >= 0.3 is 6.18 Å². The Morgan fingerprint density at radius 3 is 2.46 bits per heavy atom. The van der Waals surface area contributed by atoms with Crippen molar-refractivity contribution in [3.8, 4) is 16.9 Å². The molecule has 0 aliphatic carbocycles. The molecule has 2 heterocycles. The normalized spacial score (nSPS) is 13.6. The molecule has 0 bridgehead atoms. The van der Waals surface area contributed by atoms with E-state index in [0.29, 0.717) is 27.0 Å². The minimum Gasteiger partial charge on any atom is -0.369 e. The molecule has 134 valence electrons. The third kappa shape index (κ3) is 2.83. The zero-order chi connectivity index (χ0) is 18.5. The highest BCUT2D eigenvalue weighted by atomic mass is 35.5. The van der Waals surface area contributed by atoms with Gasteiger partial charge in [0.1, 0.15) is 5.82 Å². The Balaban J connectivity index is 1.83. The molecule has 0 saturated carbocycles. The Kier molecular flexibility index (Phi) is 4.12. The number of fused-ring (bicyclic) bond motifs is 1. The third-order valence-electron chi connectivity index (χ3n) is 4.30. The monoisotopic (exact) mass is 397 g/mol. The first-order chi connectivity index (χ1) is 12.4. The lowest BCUT2D eigenvalue weighted by molar-refractivity contribution is -0.137. The maximum atomic E-state index is 12.8. The van der Waals surface area contributed by atoms with Crippen LogP contribution in [0.5, 0.6) is 0 Å². The van der Waals surface area contributed by atoms with Crippen molar-refractivity contribution in [1.29, 1.82) is 0 Å². The Hall–Kier alpha value is -2.18. The first-order valence-electron chi connectivity index (χ1n) is 7.84. The highest BCUT2D eigenvalue weighted by Gasteiger charge is 2.30. The predicted octanol–water partition coefficient (Wildman–Crippen LogP) is 5.83. The summed E-state index contributed by atoms with van der Waals surface area (Å²) in [5.41, 5.74) is 2.18. The zero-order valence-corrected chi connectivity index (χ0v) is 14.8. The Labute approximate surface area is 157 Å². The molecule has 1 aromatic heterocycles. The number of benzene rings is 2. The molecule has 0 radical (unpaired) electrons. The fraction of sp³-hybridized carbons (Fsp3) is 0.167. The summed E-state index contributed by atoms with van der Waals surface area (Å²) in [7, 11) is 0. The molecular formula is C18H12Cl2F3N3. The van der Waals surface area contributed by atoms with Crippen molar-refractivity contribution < 1.29 is 13.2 Å². The molecule has 1 N–H and O–H groups in total. The van der Waals surface area contributed by atoms with Gasteiger partial charge in [0.15, 0.2) is 0 Å². The van der Waals surface area contributed by atoms with Crippen molar-refractivity contribution in [2.45, 2.75) is 12.6 Å². The van der Waals surface area contributed by atoms with E-state index in [9.17, 15) is 13.2 Å². The molecule has 0 spiro atoms. The van der Waals surface area contributed by atoms with E-state index in [1.807, 2.05) is 6.07 Å². The second-order valence-electron chi connectivity index (χ2n) is 5.91. The van der Waals surface area contributed by atoms with E-state index in [1.165, 1.54) is 12.1 Å². The van der Waals surface area contributed by atoms with Crippen LogP contribution in [0.2, 0.25) is 10.0 Å². The smallest absolute Gasteiger partial charge is 0.369 e. The Morgan fingerprint density at radius 2 is 1.77 bits per heavy atom. The van der Waals surface area contributed by atoms with Crippen LogP contribution in [0.25, 0.3) is 16.9 Å². The van der Waals surface area contributed by atoms with Crippen molar-refractivity contribution in [3.05, 3.63) is 63.6 Å². The number of hydrogen-bond acceptors (Lipinski definition) is 2. The fourth-order valence-corrected chi connectivity index (χ4v) is 3.45. The number of nitrogens with one attached hydrogen (secondary N) is 1. The van der Waals surface area contributed by atoms with E-state index in [0.717, 1.165) is 36.5 Å². The van der Waals surface area contributed by atoms with Gasteiger partial charge in [0.2, 0.25) is 0 Å². The van der Waals surface area contributed by atoms with Crippen molar-refractivity contribution in [2.75, 3.05) is 11.9 Å². The lowest BCUT2D eigenvalue weighted by atomic mass is 10.1. The Bertz CT molecular complexity index is 979. The molecule has 0 atom stereocenters. The molecule has 0 saturated heterocycles. The zero-order valence-electron chi connectivity index (χ0n) is 13.2. The predicted molar refractivity (Wildman–Crippen MR) is 96.2 cm³/mol. The summed E-state index contributed by atoms with van der Waals surface area (Å²) in [5, 5.41) is 8.66. The summed E-state index contributed by atoms with van der Waals surface area (Å²) >= 11 is 12.4. The molecule has 26 heavy (non-hydrogen) atoms. The standard InChI is InChI=1S/C18H12Cl2F3N3/c19-14-3-1-2-12(15(14)20)16-13-8-9-24-17(13)26(25-16)11-6-4-10(5-7-11)18(21,22)23/h1-7,24H,8-9H2. The maximum absolute atomic E-state index is 12.8. The van der Waals surface area contributed by atoms with Gasteiger partial charge in [-0.3, -0.25) is 0 Å². The number of halogens is 5. The molecule has 0 amide bonds. The minimum atomic E-state index is -4.37. The molecule has 8 heteroatoms. The van der Waals surface area contributed by atoms with Crippen molar-refractivity contribution in [2.24, 2.45) is 0 Å². The first kappa shape index (κ1) is 17.2. The topological polar surface area (TPSA) is 29.9 Å². The van der Waals surface area contributed by atoms with Crippen LogP contribution in [0.3, 0.4) is 0 Å². The van der Waals surface area contributed by atoms with Gasteiger partial charge in [-0.15, -0.1) is 0 Å². The van der Waals surface area contributed by atoms with Crippen LogP contribution in [0.15, 0.2) is 42.5 Å². The van der Waals surface area contributed by atoms with Crippen molar-refractivity contribution in [1.82, 2.24) is 9.78 Å². The largest absolute Gasteiger partial charge is 0.416 e. The van der Waals surface area contributed by atoms with E-state index in [-0.39, 0.29) is 0 Å². The van der Waals surface area contributed by atoms with Gasteiger partial charge < -0.3 is 5.32 Å². The van der Waals surface area contributed by atoms with E-state index in [1.54, 1.807) is 16.8 Å². The summed E-state index contributed by atoms with van der Waals surface area (Å²) in [6.45, 7) is 0.721. The minimum absolute atomic E-state index is 0.404. The van der Waals surface area contributed by atoms with Crippen LogP contribution in [-0.2, 0) is 12.6 Å². The van der Waals surface area contributed by atoms with Crippen LogP contribution >= 0.6 is 23.2 Å². The molecule has 3 nitrogen and oxygen atoms in total. The fourth-order valence-electron chi connectivity index (χ4n) is 3.06. The number of hydrogen-bond donors (Lipinski definition) is 1. The van der Waals surface area contributed by atoms with Gasteiger partial charge in [0, 0.05) is 17.7 Å². The molecule has 1 aliphatic heterocycles. The average molecular weight is 398 g/mol. The van der Waals surface area contributed by atoms with Gasteiger partial charge in [0.05, 0.1) is 27.0 Å². The SMILES string of the molecule is FC(F)(F)c1ccc(-n2nc(-c3cccc(Cl)c3Cl)c3c2NCC3)cc1. The summed E-state index contributed by atoms with van der Waals surface area (Å²) in [6.07, 6.45) is -3.63. The Morgan fingerprint density at radius 1 is 1.04 bits per heavy atom. The maximum Gasteiger partial charge on any atom is 0.416 e. The second kappa shape index (κ2) is 6.21. The highest BCUT2D eigenvalue weighted by Crippen LogP contribution is 2.40. The number of rotatable bonds is 2. The van der Waals surface area contributed by atoms with Crippen LogP contribution in [-0.4, -0.2) is 16.3 Å². The average Bonchev–Trinajstić information content (AvgIpc) is 3.19. The van der Waals surface area contributed by atoms with E-state index >= 15 is 0 Å². The summed E-state index contributed by atoms with van der Waals surface area (Å²) in [5.74, 6) is 0.760. The summed E-state index contributed by atoms with van der Waals surface area (Å²) < 4.78 is 40.0. The van der Waals surface area contributed by atoms with E-state index in [2.05, 4.69) is 10.4 Å². The van der Waals surface area contributed by atoms with Crippen LogP contribution < -0.4 is 5.32 Å². The summed E-state index contributed by atoms with van der Waals surface area (Å²) in [6, 6.07) is 10.2. The molecule has 2 aromatic carbocycles. The first-order valence-corrected chi connectivity index (χ1v) is 8.59. The number of aromatic nitrogens is 2. The quantitative estimate of drug-likeness (QED) is 0.589. The van der Waals surface area contributed by atoms with E-state index in [4.69, 9.17) is 23.2 Å². The number of anilines is 1. The van der Waals surface area contributed by atoms with Crippen molar-refractivity contribution >= 4 is 29.0 Å². The number of alkyl halides is 3. The van der Waals surface area contributed by atoms with Gasteiger partial charge in [-0.1, -0.05) is 35.3 Å². The van der Waals surface area contributed by atoms with Crippen LogP contribution in [0.4, 0.5) is 19.0 Å². The molecule has 0 unspecified atom stereocenters. The van der Waals surface area contributed by atoms with Gasteiger partial charge in [-0.05, 0) is 36.8 Å². The second-order valence-corrected chi connectivity index (χ2v) is 6.70. The lowest BCUT2D eigenvalue weighted by Gasteiger charge is -2.09. The van der Waals surface area contributed by atoms with Gasteiger partial charge in [-0.2, -0.15) is 18.3 Å². The lowest BCUT2D eigenvalue weighted by Crippen LogP contribution is -2.07. The third-order valence-corrected chi connectivity index (χ3v) is 5.12. The van der Waals surface area contributed by atoms with Gasteiger partial charge in [-0.25, -0.2) is 4.68 Å².